The van der Waals surface area contributed by atoms with Crippen molar-refractivity contribution in [3.8, 4) is 5.75 Å². The molecule has 2 aromatic carbocycles. The molecule has 0 spiro atoms. The molecule has 0 radical (unpaired) electrons. The summed E-state index contributed by atoms with van der Waals surface area (Å²) in [7, 11) is 1.55. The summed E-state index contributed by atoms with van der Waals surface area (Å²) in [6.07, 6.45) is 1.73. The predicted molar refractivity (Wildman–Crippen MR) is 125 cm³/mol. The van der Waals surface area contributed by atoms with E-state index in [1.54, 1.807) is 54.3 Å². The Balaban J connectivity index is 1.29. The fourth-order valence-corrected chi connectivity index (χ4v) is 3.82. The second-order valence-electron chi connectivity index (χ2n) is 7.92. The van der Waals surface area contributed by atoms with Crippen molar-refractivity contribution in [1.29, 1.82) is 0 Å². The topological polar surface area (TPSA) is 107 Å². The van der Waals surface area contributed by atoms with Crippen LogP contribution in [-0.4, -0.2) is 72.0 Å². The normalized spacial score (nSPS) is 14.6. The molecule has 1 atom stereocenters. The molecule has 0 saturated carbocycles. The lowest BCUT2D eigenvalue weighted by molar-refractivity contribution is -0.117. The van der Waals surface area contributed by atoms with Crippen LogP contribution in [0.1, 0.15) is 17.3 Å². The van der Waals surface area contributed by atoms with Crippen molar-refractivity contribution >= 4 is 34.4 Å². The third-order valence-electron chi connectivity index (χ3n) is 5.74. The lowest BCUT2D eigenvalue weighted by atomic mass is 10.1. The highest BCUT2D eigenvalue weighted by Crippen LogP contribution is 2.20. The molecule has 0 bridgehead atoms. The highest BCUT2D eigenvalue weighted by molar-refractivity contribution is 6.06. The Hall–Kier alpha value is -4.01. The molecule has 3 N–H and O–H groups in total. The average Bonchev–Trinajstić information content (AvgIpc) is 3.28. The maximum atomic E-state index is 13.0. The van der Waals surface area contributed by atoms with E-state index < -0.39 is 6.04 Å². The van der Waals surface area contributed by atoms with Crippen LogP contribution in [0.3, 0.4) is 0 Å². The minimum atomic E-state index is -0.727. The Bertz CT molecular complexity index is 1170. The SMILES string of the molecule is COc1cccc(NC(=O)[C@@H](C)NC(=O)N2CCN(C(=O)c3c[nH]c4ccccc34)CC2)c1. The number of anilines is 1. The first kappa shape index (κ1) is 22.2. The summed E-state index contributed by atoms with van der Waals surface area (Å²) in [6, 6.07) is 13.6. The van der Waals surface area contributed by atoms with Gasteiger partial charge in [-0.2, -0.15) is 0 Å². The van der Waals surface area contributed by atoms with E-state index in [0.29, 0.717) is 43.2 Å². The molecule has 0 aliphatic carbocycles. The van der Waals surface area contributed by atoms with E-state index in [4.69, 9.17) is 4.74 Å². The molecule has 0 unspecified atom stereocenters. The smallest absolute Gasteiger partial charge is 0.318 e. The minimum Gasteiger partial charge on any atom is -0.497 e. The van der Waals surface area contributed by atoms with E-state index in [-0.39, 0.29) is 17.8 Å². The first-order valence-electron chi connectivity index (χ1n) is 10.8. The number of carbonyl (C=O) groups is 3. The second kappa shape index (κ2) is 9.64. The third-order valence-corrected chi connectivity index (χ3v) is 5.74. The number of fused-ring (bicyclic) bond motifs is 1. The molecule has 4 amide bonds. The summed E-state index contributed by atoms with van der Waals surface area (Å²) in [5.74, 6) is 0.243. The predicted octanol–water partition coefficient (Wildman–Crippen LogP) is 2.67. The average molecular weight is 450 g/mol. The number of H-pyrrole nitrogens is 1. The Morgan fingerprint density at radius 3 is 2.48 bits per heavy atom. The van der Waals surface area contributed by atoms with Gasteiger partial charge in [0.2, 0.25) is 5.91 Å². The van der Waals surface area contributed by atoms with Crippen molar-refractivity contribution in [2.45, 2.75) is 13.0 Å². The third kappa shape index (κ3) is 4.92. The van der Waals surface area contributed by atoms with Gasteiger partial charge >= 0.3 is 6.03 Å². The fourth-order valence-electron chi connectivity index (χ4n) is 3.82. The van der Waals surface area contributed by atoms with Gasteiger partial charge in [0.25, 0.3) is 5.91 Å². The van der Waals surface area contributed by atoms with Gasteiger partial charge < -0.3 is 30.2 Å². The van der Waals surface area contributed by atoms with Crippen molar-refractivity contribution < 1.29 is 19.1 Å². The number of methoxy groups -OCH3 is 1. The van der Waals surface area contributed by atoms with Crippen LogP contribution in [0.2, 0.25) is 0 Å². The molecule has 4 rings (SSSR count). The molecule has 1 aromatic heterocycles. The molecule has 33 heavy (non-hydrogen) atoms. The van der Waals surface area contributed by atoms with Crippen molar-refractivity contribution in [3.05, 3.63) is 60.3 Å². The Labute approximate surface area is 191 Å². The van der Waals surface area contributed by atoms with Gasteiger partial charge in [-0.1, -0.05) is 24.3 Å². The molecule has 9 nitrogen and oxygen atoms in total. The number of nitrogens with zero attached hydrogens (tertiary/aromatic N) is 2. The molecular weight excluding hydrogens is 422 g/mol. The van der Waals surface area contributed by atoms with E-state index in [1.807, 2.05) is 24.3 Å². The van der Waals surface area contributed by atoms with E-state index in [1.165, 1.54) is 0 Å². The quantitative estimate of drug-likeness (QED) is 0.557. The number of rotatable bonds is 5. The summed E-state index contributed by atoms with van der Waals surface area (Å²) in [4.78, 5) is 44.6. The van der Waals surface area contributed by atoms with E-state index in [2.05, 4.69) is 15.6 Å². The lowest BCUT2D eigenvalue weighted by Gasteiger charge is -2.35. The van der Waals surface area contributed by atoms with Gasteiger partial charge in [-0.05, 0) is 25.1 Å². The van der Waals surface area contributed by atoms with Crippen molar-refractivity contribution in [1.82, 2.24) is 20.1 Å². The monoisotopic (exact) mass is 449 g/mol. The molecule has 9 heteroatoms. The van der Waals surface area contributed by atoms with Crippen molar-refractivity contribution in [3.63, 3.8) is 0 Å². The van der Waals surface area contributed by atoms with Crippen LogP contribution in [0.4, 0.5) is 10.5 Å². The maximum absolute atomic E-state index is 13.0. The van der Waals surface area contributed by atoms with Crippen LogP contribution < -0.4 is 15.4 Å². The first-order valence-corrected chi connectivity index (χ1v) is 10.8. The standard InChI is InChI=1S/C24H27N5O4/c1-16(22(30)27-17-6-5-7-18(14-17)33-2)26-24(32)29-12-10-28(11-13-29)23(31)20-15-25-21-9-4-3-8-19(20)21/h3-9,14-16,25H,10-13H2,1-2H3,(H,26,32)(H,27,30)/t16-/m1/s1. The van der Waals surface area contributed by atoms with Crippen molar-refractivity contribution in [2.24, 2.45) is 0 Å². The number of hydrogen-bond acceptors (Lipinski definition) is 4. The summed E-state index contributed by atoms with van der Waals surface area (Å²) >= 11 is 0. The molecule has 3 aromatic rings. The zero-order valence-electron chi connectivity index (χ0n) is 18.6. The molecular formula is C24H27N5O4. The number of carbonyl (C=O) groups excluding carboxylic acids is 3. The van der Waals surface area contributed by atoms with Crippen LogP contribution in [0.25, 0.3) is 10.9 Å². The number of para-hydroxylation sites is 1. The van der Waals surface area contributed by atoms with Crippen LogP contribution in [-0.2, 0) is 4.79 Å². The van der Waals surface area contributed by atoms with Gasteiger partial charge in [0.15, 0.2) is 0 Å². The summed E-state index contributed by atoms with van der Waals surface area (Å²) < 4.78 is 5.15. The van der Waals surface area contributed by atoms with Gasteiger partial charge in [0.1, 0.15) is 11.8 Å². The fraction of sp³-hybridized carbons (Fsp3) is 0.292. The largest absolute Gasteiger partial charge is 0.497 e. The molecule has 1 fully saturated rings. The zero-order valence-corrected chi connectivity index (χ0v) is 18.6. The van der Waals surface area contributed by atoms with Crippen LogP contribution in [0.15, 0.2) is 54.7 Å². The molecule has 172 valence electrons. The number of ether oxygens (including phenoxy) is 1. The van der Waals surface area contributed by atoms with Gasteiger partial charge in [-0.3, -0.25) is 9.59 Å². The number of urea groups is 1. The van der Waals surface area contributed by atoms with Crippen LogP contribution >= 0.6 is 0 Å². The van der Waals surface area contributed by atoms with E-state index in [9.17, 15) is 14.4 Å². The van der Waals surface area contributed by atoms with Gasteiger partial charge in [0, 0.05) is 55.0 Å². The first-order chi connectivity index (χ1) is 16.0. The Morgan fingerprint density at radius 2 is 1.73 bits per heavy atom. The molecule has 1 aliphatic rings. The Morgan fingerprint density at radius 1 is 1.00 bits per heavy atom. The Kier molecular flexibility index (Phi) is 6.48. The highest BCUT2D eigenvalue weighted by atomic mass is 16.5. The zero-order chi connectivity index (χ0) is 23.4. The molecule has 2 heterocycles. The summed E-state index contributed by atoms with van der Waals surface area (Å²) in [5, 5.41) is 6.39. The van der Waals surface area contributed by atoms with Gasteiger partial charge in [0.05, 0.1) is 12.7 Å². The minimum absolute atomic E-state index is 0.0569. The highest BCUT2D eigenvalue weighted by Gasteiger charge is 2.27. The number of hydrogen-bond donors (Lipinski definition) is 3. The second-order valence-corrected chi connectivity index (χ2v) is 7.92. The lowest BCUT2D eigenvalue weighted by Crippen LogP contribution is -2.55. The number of nitrogens with one attached hydrogen (secondary N) is 3. The van der Waals surface area contributed by atoms with Crippen LogP contribution in [0, 0.1) is 0 Å². The van der Waals surface area contributed by atoms with Gasteiger partial charge in [-0.15, -0.1) is 0 Å². The maximum Gasteiger partial charge on any atom is 0.318 e. The van der Waals surface area contributed by atoms with Crippen molar-refractivity contribution in [2.75, 3.05) is 38.6 Å². The van der Waals surface area contributed by atoms with Gasteiger partial charge in [-0.25, -0.2) is 4.79 Å². The van der Waals surface area contributed by atoms with E-state index >= 15 is 0 Å². The number of amides is 4. The molecule has 1 saturated heterocycles. The number of piperazine rings is 1. The number of aromatic nitrogens is 1. The number of benzene rings is 2. The number of aromatic amines is 1. The van der Waals surface area contributed by atoms with E-state index in [0.717, 1.165) is 10.9 Å². The summed E-state index contributed by atoms with van der Waals surface area (Å²) in [5.41, 5.74) is 2.14. The summed E-state index contributed by atoms with van der Waals surface area (Å²) in [6.45, 7) is 3.27. The molecule has 1 aliphatic heterocycles. The van der Waals surface area contributed by atoms with Crippen LogP contribution in [0.5, 0.6) is 5.75 Å².